The Kier molecular flexibility index (Phi) is 5.19. The summed E-state index contributed by atoms with van der Waals surface area (Å²) >= 11 is 8.47. The van der Waals surface area contributed by atoms with Gasteiger partial charge < -0.3 is 4.90 Å². The maximum Gasteiger partial charge on any atom is 0.227 e. The van der Waals surface area contributed by atoms with Crippen molar-refractivity contribution in [2.75, 3.05) is 7.05 Å². The molecule has 0 radical (unpaired) electrons. The number of nitrogens with zero attached hydrogens (tertiary/aromatic N) is 1. The fraction of sp³-hybridized carbons (Fsp3) is 0.214. The quantitative estimate of drug-likeness (QED) is 0.738. The van der Waals surface area contributed by atoms with Crippen LogP contribution in [0.1, 0.15) is 10.4 Å². The van der Waals surface area contributed by atoms with Gasteiger partial charge in [0, 0.05) is 26.3 Å². The van der Waals surface area contributed by atoms with Crippen molar-refractivity contribution in [2.45, 2.75) is 13.0 Å². The molecule has 0 fully saturated rings. The molecule has 0 spiro atoms. The van der Waals surface area contributed by atoms with Crippen LogP contribution in [0.3, 0.4) is 0 Å². The van der Waals surface area contributed by atoms with Crippen molar-refractivity contribution in [1.82, 2.24) is 4.90 Å². The number of carbonyl (C=O) groups excluding carboxylic acids is 1. The first-order valence-electron chi connectivity index (χ1n) is 5.76. The van der Waals surface area contributed by atoms with E-state index in [1.807, 2.05) is 42.8 Å². The van der Waals surface area contributed by atoms with Gasteiger partial charge in [-0.15, -0.1) is 11.3 Å². The molecule has 2 aromatic rings. The van der Waals surface area contributed by atoms with Crippen molar-refractivity contribution < 1.29 is 4.79 Å². The van der Waals surface area contributed by atoms with Gasteiger partial charge in [-0.3, -0.25) is 4.79 Å². The van der Waals surface area contributed by atoms with E-state index in [2.05, 4.69) is 31.9 Å². The van der Waals surface area contributed by atoms with Gasteiger partial charge in [0.1, 0.15) is 0 Å². The number of rotatable bonds is 4. The Morgan fingerprint density at radius 3 is 2.47 bits per heavy atom. The molecule has 0 aliphatic carbocycles. The van der Waals surface area contributed by atoms with Crippen LogP contribution in [0, 0.1) is 0 Å². The normalized spacial score (nSPS) is 10.5. The van der Waals surface area contributed by atoms with Crippen LogP contribution in [0.25, 0.3) is 0 Å². The van der Waals surface area contributed by atoms with Gasteiger partial charge >= 0.3 is 0 Å². The number of thiophene rings is 1. The summed E-state index contributed by atoms with van der Waals surface area (Å²) in [5.74, 6) is 0.131. The van der Waals surface area contributed by atoms with Crippen molar-refractivity contribution in [1.29, 1.82) is 0 Å². The molecule has 0 bridgehead atoms. The zero-order chi connectivity index (χ0) is 13.8. The van der Waals surface area contributed by atoms with Crippen molar-refractivity contribution >= 4 is 49.1 Å². The van der Waals surface area contributed by atoms with Crippen LogP contribution >= 0.6 is 43.2 Å². The van der Waals surface area contributed by atoms with Crippen LogP contribution in [0.4, 0.5) is 0 Å². The highest BCUT2D eigenvalue weighted by molar-refractivity contribution is 9.10. The van der Waals surface area contributed by atoms with E-state index < -0.39 is 0 Å². The summed E-state index contributed by atoms with van der Waals surface area (Å²) in [6.07, 6.45) is 0.441. The smallest absolute Gasteiger partial charge is 0.227 e. The molecule has 0 atom stereocenters. The number of carbonyl (C=O) groups is 1. The number of hydrogen-bond donors (Lipinski definition) is 0. The van der Waals surface area contributed by atoms with Crippen LogP contribution in [0.5, 0.6) is 0 Å². The average Bonchev–Trinajstić information content (AvgIpc) is 2.77. The highest BCUT2D eigenvalue weighted by atomic mass is 79.9. The summed E-state index contributed by atoms with van der Waals surface area (Å²) in [7, 11) is 1.84. The van der Waals surface area contributed by atoms with Gasteiger partial charge in [-0.25, -0.2) is 0 Å². The second-order valence-corrected chi connectivity index (χ2v) is 7.11. The van der Waals surface area contributed by atoms with Crippen molar-refractivity contribution in [3.8, 4) is 0 Å². The number of likely N-dealkylation sites (N-methyl/N-ethyl adjacent to an activating group) is 1. The van der Waals surface area contributed by atoms with Gasteiger partial charge in [-0.2, -0.15) is 0 Å². The largest absolute Gasteiger partial charge is 0.340 e. The Morgan fingerprint density at radius 2 is 1.89 bits per heavy atom. The van der Waals surface area contributed by atoms with E-state index in [0.29, 0.717) is 13.0 Å². The Hall–Kier alpha value is -0.650. The van der Waals surface area contributed by atoms with Crippen molar-refractivity contribution in [3.63, 3.8) is 0 Å². The van der Waals surface area contributed by atoms with E-state index in [1.54, 1.807) is 16.2 Å². The summed E-state index contributed by atoms with van der Waals surface area (Å²) in [5.41, 5.74) is 1.03. The van der Waals surface area contributed by atoms with Crippen molar-refractivity contribution in [2.24, 2.45) is 0 Å². The SMILES string of the molecule is CN(Cc1cc(Br)cs1)C(=O)Cc1ccc(Br)cc1. The Morgan fingerprint density at radius 1 is 1.21 bits per heavy atom. The molecule has 100 valence electrons. The highest BCUT2D eigenvalue weighted by Gasteiger charge is 2.11. The lowest BCUT2D eigenvalue weighted by Gasteiger charge is -2.16. The lowest BCUT2D eigenvalue weighted by atomic mass is 10.1. The van der Waals surface area contributed by atoms with E-state index in [1.165, 1.54) is 4.88 Å². The maximum absolute atomic E-state index is 12.1. The molecule has 5 heteroatoms. The first kappa shape index (κ1) is 14.8. The number of hydrogen-bond acceptors (Lipinski definition) is 2. The molecule has 0 saturated carbocycles. The van der Waals surface area contributed by atoms with E-state index in [-0.39, 0.29) is 5.91 Å². The summed E-state index contributed by atoms with van der Waals surface area (Å²) in [6, 6.07) is 9.90. The van der Waals surface area contributed by atoms with Gasteiger partial charge in [0.2, 0.25) is 5.91 Å². The Labute approximate surface area is 133 Å². The van der Waals surface area contributed by atoms with E-state index in [4.69, 9.17) is 0 Å². The zero-order valence-corrected chi connectivity index (χ0v) is 14.4. The Bertz CT molecular complexity index is 565. The molecular formula is C14H13Br2NOS. The number of halogens is 2. The van der Waals surface area contributed by atoms with Gasteiger partial charge in [-0.05, 0) is 39.7 Å². The molecule has 0 saturated heterocycles. The highest BCUT2D eigenvalue weighted by Crippen LogP contribution is 2.21. The zero-order valence-electron chi connectivity index (χ0n) is 10.4. The summed E-state index contributed by atoms with van der Waals surface area (Å²) in [6.45, 7) is 0.658. The fourth-order valence-electron chi connectivity index (χ4n) is 1.67. The molecule has 1 aromatic heterocycles. The molecule has 19 heavy (non-hydrogen) atoms. The minimum absolute atomic E-state index is 0.131. The molecular weight excluding hydrogens is 390 g/mol. The minimum Gasteiger partial charge on any atom is -0.340 e. The second kappa shape index (κ2) is 6.68. The first-order valence-corrected chi connectivity index (χ1v) is 8.22. The molecule has 1 amide bonds. The predicted octanol–water partition coefficient (Wildman–Crippen LogP) is 4.47. The second-order valence-electron chi connectivity index (χ2n) is 4.28. The molecule has 0 aliphatic rings. The summed E-state index contributed by atoms with van der Waals surface area (Å²) in [5, 5.41) is 2.03. The van der Waals surface area contributed by atoms with E-state index >= 15 is 0 Å². The lowest BCUT2D eigenvalue weighted by molar-refractivity contribution is -0.129. The third kappa shape index (κ3) is 4.44. The summed E-state index contributed by atoms with van der Waals surface area (Å²) < 4.78 is 2.10. The van der Waals surface area contributed by atoms with Crippen LogP contribution in [-0.2, 0) is 17.8 Å². The van der Waals surface area contributed by atoms with Gasteiger partial charge in [0.25, 0.3) is 0 Å². The van der Waals surface area contributed by atoms with Crippen LogP contribution in [0.2, 0.25) is 0 Å². The third-order valence-electron chi connectivity index (χ3n) is 2.71. The van der Waals surface area contributed by atoms with E-state index in [9.17, 15) is 4.79 Å². The van der Waals surface area contributed by atoms with Gasteiger partial charge in [-0.1, -0.05) is 28.1 Å². The first-order chi connectivity index (χ1) is 9.04. The molecule has 1 heterocycles. The topological polar surface area (TPSA) is 20.3 Å². The Balaban J connectivity index is 1.94. The average molecular weight is 403 g/mol. The van der Waals surface area contributed by atoms with Crippen LogP contribution in [0.15, 0.2) is 44.7 Å². The minimum atomic E-state index is 0.131. The fourth-order valence-corrected chi connectivity index (χ4v) is 3.44. The number of benzene rings is 1. The lowest BCUT2D eigenvalue weighted by Crippen LogP contribution is -2.27. The van der Waals surface area contributed by atoms with E-state index in [0.717, 1.165) is 14.5 Å². The summed E-state index contributed by atoms with van der Waals surface area (Å²) in [4.78, 5) is 15.1. The molecule has 2 rings (SSSR count). The number of amides is 1. The van der Waals surface area contributed by atoms with Crippen molar-refractivity contribution in [3.05, 3.63) is 55.1 Å². The molecule has 2 nitrogen and oxygen atoms in total. The standard InChI is InChI=1S/C14H13Br2NOS/c1-17(8-13-7-12(16)9-19-13)14(18)6-10-2-4-11(15)5-3-10/h2-5,7,9H,6,8H2,1H3. The third-order valence-corrected chi connectivity index (χ3v) is 4.92. The predicted molar refractivity (Wildman–Crippen MR) is 86.3 cm³/mol. The molecule has 0 aliphatic heterocycles. The van der Waals surface area contributed by atoms with Crippen LogP contribution < -0.4 is 0 Å². The van der Waals surface area contributed by atoms with Crippen LogP contribution in [-0.4, -0.2) is 17.9 Å². The molecule has 0 N–H and O–H groups in total. The molecule has 1 aromatic carbocycles. The maximum atomic E-state index is 12.1. The molecule has 0 unspecified atom stereocenters. The monoisotopic (exact) mass is 401 g/mol. The van der Waals surface area contributed by atoms with Gasteiger partial charge in [0.05, 0.1) is 13.0 Å². The van der Waals surface area contributed by atoms with Gasteiger partial charge in [0.15, 0.2) is 0 Å².